The maximum absolute atomic E-state index is 12.2. The SMILES string of the molecule is O=C(NCC1Cc2ccccc2O1)c1cc(S)ccc1Br. The third-order valence-electron chi connectivity index (χ3n) is 3.40. The summed E-state index contributed by atoms with van der Waals surface area (Å²) in [5.74, 6) is 0.785. The van der Waals surface area contributed by atoms with E-state index in [0.717, 1.165) is 21.5 Å². The lowest BCUT2D eigenvalue weighted by Crippen LogP contribution is -2.34. The van der Waals surface area contributed by atoms with Gasteiger partial charge in [0.25, 0.3) is 5.91 Å². The van der Waals surface area contributed by atoms with Gasteiger partial charge >= 0.3 is 0 Å². The number of benzene rings is 2. The van der Waals surface area contributed by atoms with Gasteiger partial charge < -0.3 is 10.1 Å². The number of amides is 1. The zero-order valence-corrected chi connectivity index (χ0v) is 13.7. The fourth-order valence-corrected chi connectivity index (χ4v) is 2.99. The molecular weight excluding hydrogens is 350 g/mol. The van der Waals surface area contributed by atoms with Crippen LogP contribution in [0.4, 0.5) is 0 Å². The molecule has 3 nitrogen and oxygen atoms in total. The van der Waals surface area contributed by atoms with Gasteiger partial charge in [-0.2, -0.15) is 0 Å². The fraction of sp³-hybridized carbons (Fsp3) is 0.188. The first-order valence-corrected chi connectivity index (χ1v) is 7.89. The lowest BCUT2D eigenvalue weighted by Gasteiger charge is -2.12. The number of thiol groups is 1. The number of carbonyl (C=O) groups is 1. The molecular formula is C16H14BrNO2S. The van der Waals surface area contributed by atoms with Crippen LogP contribution in [-0.2, 0) is 6.42 Å². The molecule has 0 bridgehead atoms. The third-order valence-corrected chi connectivity index (χ3v) is 4.37. The largest absolute Gasteiger partial charge is 0.488 e. The highest BCUT2D eigenvalue weighted by molar-refractivity contribution is 9.10. The molecule has 0 saturated heterocycles. The highest BCUT2D eigenvalue weighted by Crippen LogP contribution is 2.28. The van der Waals surface area contributed by atoms with E-state index in [0.29, 0.717) is 12.1 Å². The molecule has 0 spiro atoms. The molecule has 0 saturated carbocycles. The van der Waals surface area contributed by atoms with Gasteiger partial charge in [-0.05, 0) is 45.8 Å². The van der Waals surface area contributed by atoms with E-state index in [2.05, 4.69) is 39.9 Å². The molecule has 1 unspecified atom stereocenters. The van der Waals surface area contributed by atoms with Gasteiger partial charge in [0, 0.05) is 15.8 Å². The first-order chi connectivity index (χ1) is 10.1. The van der Waals surface area contributed by atoms with Gasteiger partial charge in [0.05, 0.1) is 12.1 Å². The number of nitrogens with one attached hydrogen (secondary N) is 1. The molecule has 108 valence electrons. The maximum atomic E-state index is 12.2. The summed E-state index contributed by atoms with van der Waals surface area (Å²) in [7, 11) is 0. The number of carbonyl (C=O) groups excluding carboxylic acids is 1. The molecule has 1 aliphatic rings. The molecule has 5 heteroatoms. The Kier molecular flexibility index (Phi) is 4.22. The second-order valence-electron chi connectivity index (χ2n) is 4.93. The quantitative estimate of drug-likeness (QED) is 0.819. The monoisotopic (exact) mass is 363 g/mol. The summed E-state index contributed by atoms with van der Waals surface area (Å²) in [6.07, 6.45) is 0.814. The second-order valence-corrected chi connectivity index (χ2v) is 6.30. The number of hydrogen-bond donors (Lipinski definition) is 2. The molecule has 1 amide bonds. The van der Waals surface area contributed by atoms with Crippen molar-refractivity contribution in [3.8, 4) is 5.75 Å². The Hall–Kier alpha value is -1.46. The smallest absolute Gasteiger partial charge is 0.252 e. The van der Waals surface area contributed by atoms with Crippen LogP contribution in [0.1, 0.15) is 15.9 Å². The van der Waals surface area contributed by atoms with Crippen molar-refractivity contribution in [1.82, 2.24) is 5.32 Å². The predicted molar refractivity (Wildman–Crippen MR) is 88.3 cm³/mol. The second kappa shape index (κ2) is 6.12. The molecule has 0 aromatic heterocycles. The summed E-state index contributed by atoms with van der Waals surface area (Å²) in [5, 5.41) is 2.92. The van der Waals surface area contributed by atoms with Crippen LogP contribution in [0.25, 0.3) is 0 Å². The van der Waals surface area contributed by atoms with Gasteiger partial charge in [-0.1, -0.05) is 18.2 Å². The van der Waals surface area contributed by atoms with Gasteiger partial charge in [0.15, 0.2) is 0 Å². The highest BCUT2D eigenvalue weighted by Gasteiger charge is 2.23. The first-order valence-electron chi connectivity index (χ1n) is 6.65. The van der Waals surface area contributed by atoms with Crippen LogP contribution in [0.2, 0.25) is 0 Å². The molecule has 1 atom stereocenters. The van der Waals surface area contributed by atoms with Crippen LogP contribution in [0.5, 0.6) is 5.75 Å². The minimum Gasteiger partial charge on any atom is -0.488 e. The molecule has 2 aromatic carbocycles. The molecule has 1 heterocycles. The van der Waals surface area contributed by atoms with E-state index < -0.39 is 0 Å². The Morgan fingerprint density at radius 3 is 2.95 bits per heavy atom. The minimum atomic E-state index is -0.127. The van der Waals surface area contributed by atoms with Crippen molar-refractivity contribution < 1.29 is 9.53 Å². The Morgan fingerprint density at radius 1 is 1.33 bits per heavy atom. The normalized spacial score (nSPS) is 16.2. The summed E-state index contributed by atoms with van der Waals surface area (Å²) in [6.45, 7) is 0.483. The Morgan fingerprint density at radius 2 is 2.14 bits per heavy atom. The summed E-state index contributed by atoms with van der Waals surface area (Å²) in [4.78, 5) is 13.0. The van der Waals surface area contributed by atoms with Crippen LogP contribution in [0, 0.1) is 0 Å². The zero-order valence-electron chi connectivity index (χ0n) is 11.2. The van der Waals surface area contributed by atoms with Crippen LogP contribution < -0.4 is 10.1 Å². The van der Waals surface area contributed by atoms with Crippen molar-refractivity contribution in [2.45, 2.75) is 17.4 Å². The van der Waals surface area contributed by atoms with Gasteiger partial charge in [0.2, 0.25) is 0 Å². The summed E-state index contributed by atoms with van der Waals surface area (Å²) in [5.41, 5.74) is 1.77. The molecule has 3 rings (SSSR count). The summed E-state index contributed by atoms with van der Waals surface area (Å²) < 4.78 is 6.56. The van der Waals surface area contributed by atoms with E-state index in [1.807, 2.05) is 30.3 Å². The molecule has 0 aliphatic carbocycles. The molecule has 2 aromatic rings. The van der Waals surface area contributed by atoms with Crippen molar-refractivity contribution in [1.29, 1.82) is 0 Å². The Bertz CT molecular complexity index is 665. The van der Waals surface area contributed by atoms with Crippen LogP contribution >= 0.6 is 28.6 Å². The maximum Gasteiger partial charge on any atom is 0.252 e. The van der Waals surface area contributed by atoms with E-state index in [4.69, 9.17) is 4.74 Å². The van der Waals surface area contributed by atoms with E-state index >= 15 is 0 Å². The number of rotatable bonds is 3. The first kappa shape index (κ1) is 14.5. The van der Waals surface area contributed by atoms with Crippen LogP contribution in [0.3, 0.4) is 0 Å². The lowest BCUT2D eigenvalue weighted by molar-refractivity contribution is 0.0932. The summed E-state index contributed by atoms with van der Waals surface area (Å²) >= 11 is 7.64. The lowest BCUT2D eigenvalue weighted by atomic mass is 10.1. The number of ether oxygens (including phenoxy) is 1. The van der Waals surface area contributed by atoms with Gasteiger partial charge in [-0.15, -0.1) is 12.6 Å². The average molecular weight is 364 g/mol. The van der Waals surface area contributed by atoms with Crippen molar-refractivity contribution in [2.75, 3.05) is 6.54 Å². The van der Waals surface area contributed by atoms with Crippen LogP contribution in [0.15, 0.2) is 51.8 Å². The van der Waals surface area contributed by atoms with Crippen LogP contribution in [-0.4, -0.2) is 18.6 Å². The van der Waals surface area contributed by atoms with Gasteiger partial charge in [-0.25, -0.2) is 0 Å². The minimum absolute atomic E-state index is 0.00990. The molecule has 21 heavy (non-hydrogen) atoms. The van der Waals surface area contributed by atoms with E-state index in [1.165, 1.54) is 5.56 Å². The van der Waals surface area contributed by atoms with E-state index in [1.54, 1.807) is 6.07 Å². The third kappa shape index (κ3) is 3.24. The molecule has 0 radical (unpaired) electrons. The van der Waals surface area contributed by atoms with Crippen molar-refractivity contribution in [3.05, 3.63) is 58.1 Å². The molecule has 1 aliphatic heterocycles. The van der Waals surface area contributed by atoms with Crippen molar-refractivity contribution in [3.63, 3.8) is 0 Å². The number of fused-ring (bicyclic) bond motifs is 1. The molecule has 0 fully saturated rings. The van der Waals surface area contributed by atoms with E-state index in [-0.39, 0.29) is 12.0 Å². The highest BCUT2D eigenvalue weighted by atomic mass is 79.9. The predicted octanol–water partition coefficient (Wildman–Crippen LogP) is 3.47. The average Bonchev–Trinajstić information content (AvgIpc) is 2.90. The molecule has 1 N–H and O–H groups in total. The van der Waals surface area contributed by atoms with Crippen molar-refractivity contribution >= 4 is 34.5 Å². The Labute approximate surface area is 137 Å². The standard InChI is InChI=1S/C16H14BrNO2S/c17-14-6-5-12(21)8-13(14)16(19)18-9-11-7-10-3-1-2-4-15(10)20-11/h1-6,8,11,21H,7,9H2,(H,18,19). The topological polar surface area (TPSA) is 38.3 Å². The number of hydrogen-bond acceptors (Lipinski definition) is 3. The van der Waals surface area contributed by atoms with Gasteiger partial charge in [-0.3, -0.25) is 4.79 Å². The Balaban J connectivity index is 1.61. The van der Waals surface area contributed by atoms with E-state index in [9.17, 15) is 4.79 Å². The summed E-state index contributed by atoms with van der Waals surface area (Å²) in [6, 6.07) is 13.4. The van der Waals surface area contributed by atoms with Gasteiger partial charge in [0.1, 0.15) is 11.9 Å². The zero-order chi connectivity index (χ0) is 14.8. The van der Waals surface area contributed by atoms with Crippen molar-refractivity contribution in [2.24, 2.45) is 0 Å². The fourth-order valence-electron chi connectivity index (χ4n) is 2.36. The number of halogens is 1. The number of para-hydroxylation sites is 1.